The molecule has 0 bridgehead atoms. The first-order chi connectivity index (χ1) is 14.1. The highest BCUT2D eigenvalue weighted by Gasteiger charge is 2.18. The summed E-state index contributed by atoms with van der Waals surface area (Å²) < 4.78 is 5.48. The molecule has 6 nitrogen and oxygen atoms in total. The van der Waals surface area contributed by atoms with Crippen LogP contribution in [0.25, 0.3) is 33.1 Å². The maximum Gasteiger partial charge on any atom is 0.335 e. The van der Waals surface area contributed by atoms with Gasteiger partial charge in [-0.2, -0.15) is 0 Å². The number of unbranched alkanes of at least 4 members (excludes halogenated alkanes) is 1. The number of benzene rings is 2. The second-order valence-corrected chi connectivity index (χ2v) is 7.00. The van der Waals surface area contributed by atoms with Gasteiger partial charge in [-0.15, -0.1) is 0 Å². The van der Waals surface area contributed by atoms with Crippen LogP contribution in [0.5, 0.6) is 5.75 Å². The summed E-state index contributed by atoms with van der Waals surface area (Å²) in [5.41, 5.74) is 10.8. The highest BCUT2D eigenvalue weighted by molar-refractivity contribution is 6.03. The fourth-order valence-corrected chi connectivity index (χ4v) is 3.85. The van der Waals surface area contributed by atoms with Crippen LogP contribution in [-0.2, 0) is 6.42 Å². The zero-order chi connectivity index (χ0) is 20.4. The number of carboxylic acids is 1. The molecule has 0 aliphatic rings. The van der Waals surface area contributed by atoms with Crippen LogP contribution in [0.3, 0.4) is 0 Å². The van der Waals surface area contributed by atoms with Crippen molar-refractivity contribution in [2.45, 2.75) is 19.3 Å². The summed E-state index contributed by atoms with van der Waals surface area (Å²) in [6.07, 6.45) is 4.40. The predicted molar refractivity (Wildman–Crippen MR) is 115 cm³/mol. The van der Waals surface area contributed by atoms with Crippen LogP contribution < -0.4 is 10.5 Å². The molecule has 6 heteroatoms. The van der Waals surface area contributed by atoms with Gasteiger partial charge in [0.1, 0.15) is 11.3 Å². The van der Waals surface area contributed by atoms with Gasteiger partial charge in [0.2, 0.25) is 0 Å². The predicted octanol–water partition coefficient (Wildman–Crippen LogP) is 4.37. The molecule has 0 atom stereocenters. The molecule has 29 heavy (non-hydrogen) atoms. The lowest BCUT2D eigenvalue weighted by atomic mass is 9.97. The first-order valence-corrected chi connectivity index (χ1v) is 9.64. The molecular weight excluding hydrogens is 366 g/mol. The van der Waals surface area contributed by atoms with Crippen LogP contribution in [0, 0.1) is 0 Å². The summed E-state index contributed by atoms with van der Waals surface area (Å²) in [6.45, 7) is 0.632. The zero-order valence-corrected chi connectivity index (χ0v) is 16.2. The van der Waals surface area contributed by atoms with Crippen molar-refractivity contribution in [2.24, 2.45) is 5.73 Å². The maximum atomic E-state index is 11.5. The Morgan fingerprint density at radius 2 is 2.03 bits per heavy atom. The van der Waals surface area contributed by atoms with Gasteiger partial charge in [0, 0.05) is 28.0 Å². The number of carbonyl (C=O) groups is 1. The molecule has 0 saturated heterocycles. The summed E-state index contributed by atoms with van der Waals surface area (Å²) in [6, 6.07) is 13.1. The Morgan fingerprint density at radius 1 is 1.17 bits per heavy atom. The van der Waals surface area contributed by atoms with E-state index in [2.05, 4.69) is 9.97 Å². The van der Waals surface area contributed by atoms with Crippen LogP contribution in [0.1, 0.15) is 28.8 Å². The van der Waals surface area contributed by atoms with Crippen molar-refractivity contribution < 1.29 is 14.6 Å². The van der Waals surface area contributed by atoms with E-state index < -0.39 is 5.97 Å². The number of pyridine rings is 1. The number of rotatable bonds is 7. The average molecular weight is 389 g/mol. The van der Waals surface area contributed by atoms with E-state index in [4.69, 9.17) is 10.5 Å². The lowest BCUT2D eigenvalue weighted by Gasteiger charge is -2.11. The van der Waals surface area contributed by atoms with Crippen LogP contribution in [0.4, 0.5) is 0 Å². The van der Waals surface area contributed by atoms with Gasteiger partial charge >= 0.3 is 5.97 Å². The Morgan fingerprint density at radius 3 is 2.79 bits per heavy atom. The summed E-state index contributed by atoms with van der Waals surface area (Å²) >= 11 is 0. The van der Waals surface area contributed by atoms with Crippen molar-refractivity contribution in [3.63, 3.8) is 0 Å². The van der Waals surface area contributed by atoms with Crippen molar-refractivity contribution in [2.75, 3.05) is 13.7 Å². The van der Waals surface area contributed by atoms with Crippen molar-refractivity contribution in [3.05, 3.63) is 59.8 Å². The minimum Gasteiger partial charge on any atom is -0.494 e. The number of nitrogens with two attached hydrogens (primary N) is 1. The van der Waals surface area contributed by atoms with E-state index in [9.17, 15) is 9.90 Å². The van der Waals surface area contributed by atoms with Gasteiger partial charge in [-0.1, -0.05) is 6.07 Å². The number of carboxylic acid groups (broad SMARTS) is 1. The fraction of sp³-hybridized carbons (Fsp3) is 0.217. The molecule has 4 aromatic rings. The number of H-pyrrole nitrogens is 1. The Bertz CT molecular complexity index is 1200. The van der Waals surface area contributed by atoms with Crippen LogP contribution in [0.2, 0.25) is 0 Å². The highest BCUT2D eigenvalue weighted by Crippen LogP contribution is 2.38. The van der Waals surface area contributed by atoms with E-state index in [1.54, 1.807) is 25.4 Å². The van der Waals surface area contributed by atoms with Crippen molar-refractivity contribution in [3.8, 4) is 17.0 Å². The minimum absolute atomic E-state index is 0.282. The topological polar surface area (TPSA) is 101 Å². The minimum atomic E-state index is -0.929. The third-order valence-electron chi connectivity index (χ3n) is 5.26. The SMILES string of the molecule is COc1ccc(-c2[nH]c3ccc(C(=O)O)cc3c2CCCCN)c2cccnc12. The normalized spacial score (nSPS) is 11.2. The maximum absolute atomic E-state index is 11.5. The number of nitrogens with one attached hydrogen (secondary N) is 1. The van der Waals surface area contributed by atoms with Gasteiger partial charge in [0.15, 0.2) is 0 Å². The zero-order valence-electron chi connectivity index (χ0n) is 16.2. The first-order valence-electron chi connectivity index (χ1n) is 9.64. The summed E-state index contributed by atoms with van der Waals surface area (Å²) in [4.78, 5) is 19.5. The van der Waals surface area contributed by atoms with Gasteiger partial charge in [-0.05, 0) is 67.8 Å². The third-order valence-corrected chi connectivity index (χ3v) is 5.26. The van der Waals surface area contributed by atoms with E-state index in [1.807, 2.05) is 30.3 Å². The number of aryl methyl sites for hydroxylation is 1. The number of fused-ring (bicyclic) bond motifs is 2. The van der Waals surface area contributed by atoms with Crippen molar-refractivity contribution in [1.29, 1.82) is 0 Å². The first kappa shape index (κ1) is 19.0. The van der Waals surface area contributed by atoms with Gasteiger partial charge < -0.3 is 20.6 Å². The van der Waals surface area contributed by atoms with Crippen LogP contribution in [0.15, 0.2) is 48.7 Å². The number of ether oxygens (including phenoxy) is 1. The molecular formula is C23H23N3O3. The van der Waals surface area contributed by atoms with Gasteiger partial charge in [0.25, 0.3) is 0 Å². The smallest absolute Gasteiger partial charge is 0.335 e. The molecule has 0 aliphatic heterocycles. The Hall–Kier alpha value is -3.38. The molecule has 2 aromatic carbocycles. The Kier molecular flexibility index (Phi) is 5.18. The lowest BCUT2D eigenvalue weighted by Crippen LogP contribution is -2.00. The van der Waals surface area contributed by atoms with E-state index >= 15 is 0 Å². The second-order valence-electron chi connectivity index (χ2n) is 7.00. The molecule has 0 unspecified atom stereocenters. The van der Waals surface area contributed by atoms with E-state index in [-0.39, 0.29) is 5.56 Å². The average Bonchev–Trinajstić information content (AvgIpc) is 3.10. The number of hydrogen-bond acceptors (Lipinski definition) is 4. The number of nitrogens with zero attached hydrogens (tertiary/aromatic N) is 1. The van der Waals surface area contributed by atoms with Crippen LogP contribution >= 0.6 is 0 Å². The monoisotopic (exact) mass is 389 g/mol. The molecule has 0 amide bonds. The molecule has 148 valence electrons. The second kappa shape index (κ2) is 7.93. The lowest BCUT2D eigenvalue weighted by molar-refractivity contribution is 0.0697. The number of aromatic nitrogens is 2. The number of methoxy groups -OCH3 is 1. The van der Waals surface area contributed by atoms with E-state index in [1.165, 1.54) is 0 Å². The molecule has 2 heterocycles. The quantitative estimate of drug-likeness (QED) is 0.407. The third kappa shape index (κ3) is 3.43. The van der Waals surface area contributed by atoms with Gasteiger partial charge in [-0.3, -0.25) is 4.98 Å². The number of hydrogen-bond donors (Lipinski definition) is 3. The molecule has 0 radical (unpaired) electrons. The fourth-order valence-electron chi connectivity index (χ4n) is 3.85. The molecule has 0 saturated carbocycles. The van der Waals surface area contributed by atoms with Crippen LogP contribution in [-0.4, -0.2) is 34.7 Å². The van der Waals surface area contributed by atoms with Gasteiger partial charge in [0.05, 0.1) is 18.4 Å². The summed E-state index contributed by atoms with van der Waals surface area (Å²) in [7, 11) is 1.64. The van der Waals surface area contributed by atoms with E-state index in [0.29, 0.717) is 6.54 Å². The molecule has 0 fully saturated rings. The molecule has 0 spiro atoms. The highest BCUT2D eigenvalue weighted by atomic mass is 16.5. The standard InChI is InChI=1S/C23H23N3O3/c1-29-20-10-8-17(15-6-4-12-25-22(15)20)21-16(5-2-3-11-24)18-13-14(23(27)28)7-9-19(18)26-21/h4,6-10,12-13,26H,2-3,5,11,24H2,1H3,(H,27,28). The Balaban J connectivity index is 1.97. The van der Waals surface area contributed by atoms with Crippen molar-refractivity contribution >= 4 is 27.8 Å². The molecule has 2 aromatic heterocycles. The Labute approximate surface area is 168 Å². The van der Waals surface area contributed by atoms with Crippen molar-refractivity contribution in [1.82, 2.24) is 9.97 Å². The van der Waals surface area contributed by atoms with Gasteiger partial charge in [-0.25, -0.2) is 4.79 Å². The molecule has 4 N–H and O–H groups in total. The molecule has 4 rings (SSSR count). The number of aromatic carboxylic acids is 1. The largest absolute Gasteiger partial charge is 0.494 e. The van der Waals surface area contributed by atoms with E-state index in [0.717, 1.165) is 63.6 Å². The number of aromatic amines is 1. The summed E-state index contributed by atoms with van der Waals surface area (Å²) in [5.74, 6) is -0.208. The summed E-state index contributed by atoms with van der Waals surface area (Å²) in [5, 5.41) is 11.3. The molecule has 0 aliphatic carbocycles.